The molecular formula is C13H17N5O. The summed E-state index contributed by atoms with van der Waals surface area (Å²) in [5.41, 5.74) is 6.18. The van der Waals surface area contributed by atoms with Gasteiger partial charge in [-0.05, 0) is 26.0 Å². The highest BCUT2D eigenvalue weighted by atomic mass is 16.2. The molecule has 100 valence electrons. The van der Waals surface area contributed by atoms with Crippen molar-refractivity contribution in [1.82, 2.24) is 20.3 Å². The van der Waals surface area contributed by atoms with Crippen molar-refractivity contribution in [1.29, 1.82) is 0 Å². The van der Waals surface area contributed by atoms with Crippen molar-refractivity contribution in [3.63, 3.8) is 0 Å². The number of amides is 1. The van der Waals surface area contributed by atoms with E-state index in [1.807, 2.05) is 44.2 Å². The number of carbonyl (C=O) groups excluding carboxylic acids is 1. The molecule has 6 heteroatoms. The highest BCUT2D eigenvalue weighted by Crippen LogP contribution is 2.05. The van der Waals surface area contributed by atoms with Gasteiger partial charge in [-0.2, -0.15) is 9.90 Å². The molecule has 19 heavy (non-hydrogen) atoms. The standard InChI is InChI=1S/C13H17N5O/c1-13(2,9-14)16-12(19)11-8-15-18(17-11)10-6-4-3-5-7-10/h3-8H,9,14H2,1-2H3,(H,16,19). The Labute approximate surface area is 111 Å². The largest absolute Gasteiger partial charge is 0.344 e. The highest BCUT2D eigenvalue weighted by Gasteiger charge is 2.21. The molecule has 0 spiro atoms. The maximum Gasteiger partial charge on any atom is 0.273 e. The third-order valence-electron chi connectivity index (χ3n) is 2.67. The van der Waals surface area contributed by atoms with Crippen LogP contribution in [0.15, 0.2) is 36.5 Å². The Bertz CT molecular complexity index is 561. The quantitative estimate of drug-likeness (QED) is 0.847. The zero-order valence-corrected chi connectivity index (χ0v) is 11.0. The first kappa shape index (κ1) is 13.2. The lowest BCUT2D eigenvalue weighted by atomic mass is 10.1. The Morgan fingerprint density at radius 3 is 2.68 bits per heavy atom. The predicted octanol–water partition coefficient (Wildman–Crippen LogP) is 0.734. The topological polar surface area (TPSA) is 85.8 Å². The van der Waals surface area contributed by atoms with Crippen molar-refractivity contribution in [2.24, 2.45) is 5.73 Å². The average Bonchev–Trinajstić information content (AvgIpc) is 2.89. The molecule has 0 bridgehead atoms. The minimum Gasteiger partial charge on any atom is -0.344 e. The van der Waals surface area contributed by atoms with Crippen LogP contribution in [0.2, 0.25) is 0 Å². The fraction of sp³-hybridized carbons (Fsp3) is 0.308. The summed E-state index contributed by atoms with van der Waals surface area (Å²) in [7, 11) is 0. The van der Waals surface area contributed by atoms with E-state index in [9.17, 15) is 4.79 Å². The van der Waals surface area contributed by atoms with E-state index in [0.717, 1.165) is 5.69 Å². The maximum atomic E-state index is 12.0. The first-order valence-corrected chi connectivity index (χ1v) is 6.02. The number of hydrogen-bond acceptors (Lipinski definition) is 4. The molecule has 6 nitrogen and oxygen atoms in total. The number of nitrogens with two attached hydrogens (primary N) is 1. The van der Waals surface area contributed by atoms with E-state index in [0.29, 0.717) is 6.54 Å². The molecule has 1 aromatic heterocycles. The Hall–Kier alpha value is -2.21. The van der Waals surface area contributed by atoms with Crippen molar-refractivity contribution in [3.05, 3.63) is 42.2 Å². The summed E-state index contributed by atoms with van der Waals surface area (Å²) < 4.78 is 0. The molecule has 2 aromatic rings. The first-order valence-electron chi connectivity index (χ1n) is 6.02. The van der Waals surface area contributed by atoms with Crippen LogP contribution in [-0.4, -0.2) is 33.0 Å². The van der Waals surface area contributed by atoms with E-state index in [2.05, 4.69) is 15.5 Å². The minimum atomic E-state index is -0.465. The van der Waals surface area contributed by atoms with Crippen molar-refractivity contribution >= 4 is 5.91 Å². The van der Waals surface area contributed by atoms with Gasteiger partial charge in [0.05, 0.1) is 11.9 Å². The SMILES string of the molecule is CC(C)(CN)NC(=O)c1cnn(-c2ccccc2)n1. The summed E-state index contributed by atoms with van der Waals surface area (Å²) in [6, 6.07) is 9.41. The summed E-state index contributed by atoms with van der Waals surface area (Å²) in [5.74, 6) is -0.280. The second kappa shape index (κ2) is 5.19. The molecule has 3 N–H and O–H groups in total. The van der Waals surface area contributed by atoms with Gasteiger partial charge in [0.25, 0.3) is 5.91 Å². The van der Waals surface area contributed by atoms with E-state index < -0.39 is 5.54 Å². The smallest absolute Gasteiger partial charge is 0.273 e. The van der Waals surface area contributed by atoms with E-state index in [1.54, 1.807) is 0 Å². The summed E-state index contributed by atoms with van der Waals surface area (Å²) in [4.78, 5) is 13.4. The lowest BCUT2D eigenvalue weighted by Gasteiger charge is -2.23. The van der Waals surface area contributed by atoms with Gasteiger partial charge in [-0.15, -0.1) is 5.10 Å². The lowest BCUT2D eigenvalue weighted by molar-refractivity contribution is 0.0910. The van der Waals surface area contributed by atoms with Gasteiger partial charge in [0, 0.05) is 12.1 Å². The third kappa shape index (κ3) is 3.17. The molecule has 1 heterocycles. The molecule has 0 aliphatic carbocycles. The van der Waals surface area contributed by atoms with Crippen molar-refractivity contribution in [2.75, 3.05) is 6.54 Å². The van der Waals surface area contributed by atoms with Gasteiger partial charge in [-0.3, -0.25) is 4.79 Å². The number of rotatable bonds is 4. The highest BCUT2D eigenvalue weighted by molar-refractivity contribution is 5.92. The van der Waals surface area contributed by atoms with Crippen LogP contribution in [0.4, 0.5) is 0 Å². The third-order valence-corrected chi connectivity index (χ3v) is 2.67. The summed E-state index contributed by atoms with van der Waals surface area (Å²) >= 11 is 0. The van der Waals surface area contributed by atoms with E-state index in [-0.39, 0.29) is 11.6 Å². The van der Waals surface area contributed by atoms with Crippen LogP contribution in [0.25, 0.3) is 5.69 Å². The predicted molar refractivity (Wildman–Crippen MR) is 72.0 cm³/mol. The Balaban J connectivity index is 2.16. The van der Waals surface area contributed by atoms with Crippen LogP contribution in [0.1, 0.15) is 24.3 Å². The van der Waals surface area contributed by atoms with Gasteiger partial charge >= 0.3 is 0 Å². The molecule has 0 aliphatic rings. The number of benzene rings is 1. The summed E-state index contributed by atoms with van der Waals surface area (Å²) in [5, 5.41) is 11.0. The fourth-order valence-corrected chi connectivity index (χ4v) is 1.48. The number of nitrogens with zero attached hydrogens (tertiary/aromatic N) is 3. The van der Waals surface area contributed by atoms with Gasteiger partial charge in [0.1, 0.15) is 0 Å². The summed E-state index contributed by atoms with van der Waals surface area (Å²) in [6.45, 7) is 4.06. The van der Waals surface area contributed by atoms with Crippen LogP contribution >= 0.6 is 0 Å². The Morgan fingerprint density at radius 2 is 2.05 bits per heavy atom. The zero-order chi connectivity index (χ0) is 13.9. The van der Waals surface area contributed by atoms with Gasteiger partial charge in [0.15, 0.2) is 5.69 Å². The molecule has 0 unspecified atom stereocenters. The molecule has 1 amide bonds. The molecule has 2 rings (SSSR count). The van der Waals surface area contributed by atoms with Gasteiger partial charge < -0.3 is 11.1 Å². The van der Waals surface area contributed by atoms with E-state index in [1.165, 1.54) is 11.0 Å². The van der Waals surface area contributed by atoms with Crippen LogP contribution in [0.3, 0.4) is 0 Å². The lowest BCUT2D eigenvalue weighted by Crippen LogP contribution is -2.48. The van der Waals surface area contributed by atoms with Crippen molar-refractivity contribution in [2.45, 2.75) is 19.4 Å². The van der Waals surface area contributed by atoms with Crippen LogP contribution in [0, 0.1) is 0 Å². The molecule has 0 radical (unpaired) electrons. The molecule has 0 saturated carbocycles. The fourth-order valence-electron chi connectivity index (χ4n) is 1.48. The second-order valence-electron chi connectivity index (χ2n) is 4.90. The van der Waals surface area contributed by atoms with E-state index >= 15 is 0 Å². The van der Waals surface area contributed by atoms with Gasteiger partial charge in [-0.1, -0.05) is 18.2 Å². The minimum absolute atomic E-state index is 0.269. The van der Waals surface area contributed by atoms with Crippen molar-refractivity contribution in [3.8, 4) is 5.69 Å². The molecule has 1 aromatic carbocycles. The Kier molecular flexibility index (Phi) is 3.62. The number of nitrogens with one attached hydrogen (secondary N) is 1. The summed E-state index contributed by atoms with van der Waals surface area (Å²) in [6.07, 6.45) is 1.44. The second-order valence-corrected chi connectivity index (χ2v) is 4.90. The molecule has 0 saturated heterocycles. The average molecular weight is 259 g/mol. The number of para-hydroxylation sites is 1. The van der Waals surface area contributed by atoms with Gasteiger partial charge in [0.2, 0.25) is 0 Å². The van der Waals surface area contributed by atoms with Crippen LogP contribution < -0.4 is 11.1 Å². The number of aromatic nitrogens is 3. The number of hydrogen-bond donors (Lipinski definition) is 2. The monoisotopic (exact) mass is 259 g/mol. The maximum absolute atomic E-state index is 12.0. The molecule has 0 fully saturated rings. The van der Waals surface area contributed by atoms with Crippen LogP contribution in [-0.2, 0) is 0 Å². The molecule has 0 aliphatic heterocycles. The zero-order valence-electron chi connectivity index (χ0n) is 11.0. The number of carbonyl (C=O) groups is 1. The van der Waals surface area contributed by atoms with Crippen LogP contribution in [0.5, 0.6) is 0 Å². The normalized spacial score (nSPS) is 11.3. The molecular weight excluding hydrogens is 242 g/mol. The molecule has 0 atom stereocenters. The Morgan fingerprint density at radius 1 is 1.37 bits per heavy atom. The first-order chi connectivity index (χ1) is 9.02. The van der Waals surface area contributed by atoms with Crippen molar-refractivity contribution < 1.29 is 4.79 Å². The van der Waals surface area contributed by atoms with E-state index in [4.69, 9.17) is 5.73 Å². The van der Waals surface area contributed by atoms with Gasteiger partial charge in [-0.25, -0.2) is 0 Å².